The number of anilines is 1. The fraction of sp³-hybridized carbons (Fsp3) is 0.632. The lowest BCUT2D eigenvalue weighted by molar-refractivity contribution is -0.117. The Hall–Kier alpha value is -1.40. The monoisotopic (exact) mass is 366 g/mol. The molecule has 1 amide bonds. The lowest BCUT2D eigenvalue weighted by Gasteiger charge is -2.34. The summed E-state index contributed by atoms with van der Waals surface area (Å²) in [5.74, 6) is 0.672. The summed E-state index contributed by atoms with van der Waals surface area (Å²) in [7, 11) is -3.48. The van der Waals surface area contributed by atoms with E-state index in [4.69, 9.17) is 0 Å². The molecule has 1 aromatic rings. The van der Waals surface area contributed by atoms with Gasteiger partial charge in [0.15, 0.2) is 0 Å². The van der Waals surface area contributed by atoms with Crippen molar-refractivity contribution < 1.29 is 13.2 Å². The maximum atomic E-state index is 12.8. The largest absolute Gasteiger partial charge is 0.326 e. The van der Waals surface area contributed by atoms with Crippen molar-refractivity contribution in [3.63, 3.8) is 0 Å². The quantitative estimate of drug-likeness (QED) is 0.883. The van der Waals surface area contributed by atoms with Crippen LogP contribution in [0.25, 0.3) is 0 Å². The fourth-order valence-electron chi connectivity index (χ4n) is 3.35. The van der Waals surface area contributed by atoms with Crippen molar-refractivity contribution in [2.45, 2.75) is 52.4 Å². The van der Waals surface area contributed by atoms with Gasteiger partial charge in [0, 0.05) is 25.2 Å². The number of carbonyl (C=O) groups excluding carboxylic acids is 1. The van der Waals surface area contributed by atoms with Crippen LogP contribution < -0.4 is 5.32 Å². The van der Waals surface area contributed by atoms with E-state index >= 15 is 0 Å². The zero-order chi connectivity index (χ0) is 18.8. The highest BCUT2D eigenvalue weighted by Gasteiger charge is 2.31. The van der Waals surface area contributed by atoms with E-state index in [1.54, 1.807) is 28.6 Å². The molecule has 2 rings (SSSR count). The Morgan fingerprint density at radius 2 is 1.64 bits per heavy atom. The second-order valence-electron chi connectivity index (χ2n) is 8.58. The van der Waals surface area contributed by atoms with Crippen LogP contribution in [-0.2, 0) is 14.8 Å². The van der Waals surface area contributed by atoms with E-state index in [1.165, 1.54) is 0 Å². The van der Waals surface area contributed by atoms with E-state index in [1.807, 2.05) is 20.8 Å². The molecule has 1 saturated heterocycles. The Balaban J connectivity index is 2.09. The van der Waals surface area contributed by atoms with E-state index in [9.17, 15) is 13.2 Å². The number of nitrogens with zero attached hydrogens (tertiary/aromatic N) is 1. The van der Waals surface area contributed by atoms with Crippen LogP contribution >= 0.6 is 0 Å². The second kappa shape index (κ2) is 7.46. The van der Waals surface area contributed by atoms with Gasteiger partial charge < -0.3 is 5.32 Å². The van der Waals surface area contributed by atoms with E-state index < -0.39 is 10.0 Å². The summed E-state index contributed by atoms with van der Waals surface area (Å²) in [4.78, 5) is 12.3. The molecule has 0 aromatic heterocycles. The summed E-state index contributed by atoms with van der Waals surface area (Å²) in [6, 6.07) is 6.46. The average Bonchev–Trinajstić information content (AvgIpc) is 2.44. The van der Waals surface area contributed by atoms with Crippen LogP contribution in [-0.4, -0.2) is 31.7 Å². The SMILES string of the molecule is CC1CC(C)CN(S(=O)(=O)c2ccc(NC(=O)CC(C)(C)C)cc2)C1. The average molecular weight is 367 g/mol. The molecule has 2 atom stereocenters. The minimum atomic E-state index is -3.48. The Bertz CT molecular complexity index is 695. The molecular formula is C19H30N2O3S. The summed E-state index contributed by atoms with van der Waals surface area (Å²) >= 11 is 0. The first-order chi connectivity index (χ1) is 11.5. The number of benzene rings is 1. The smallest absolute Gasteiger partial charge is 0.243 e. The van der Waals surface area contributed by atoms with Crippen molar-refractivity contribution in [3.8, 4) is 0 Å². The molecule has 140 valence electrons. The normalized spacial score (nSPS) is 22.6. The lowest BCUT2D eigenvalue weighted by atomic mass is 9.92. The van der Waals surface area contributed by atoms with Crippen LogP contribution in [0.15, 0.2) is 29.2 Å². The summed E-state index contributed by atoms with van der Waals surface area (Å²) in [5.41, 5.74) is 0.531. The summed E-state index contributed by atoms with van der Waals surface area (Å²) in [5, 5.41) is 2.82. The molecule has 0 saturated carbocycles. The van der Waals surface area contributed by atoms with Gasteiger partial charge in [-0.05, 0) is 47.9 Å². The molecule has 0 aliphatic carbocycles. The highest BCUT2D eigenvalue weighted by Crippen LogP contribution is 2.27. The molecule has 1 N–H and O–H groups in total. The van der Waals surface area contributed by atoms with E-state index in [-0.39, 0.29) is 16.2 Å². The summed E-state index contributed by atoms with van der Waals surface area (Å²) < 4.78 is 27.3. The number of hydrogen-bond acceptors (Lipinski definition) is 3. The van der Waals surface area contributed by atoms with Crippen molar-refractivity contribution in [3.05, 3.63) is 24.3 Å². The minimum absolute atomic E-state index is 0.0678. The zero-order valence-corrected chi connectivity index (χ0v) is 16.7. The first-order valence-corrected chi connectivity index (χ1v) is 10.3. The molecule has 1 aromatic carbocycles. The topological polar surface area (TPSA) is 66.5 Å². The first-order valence-electron chi connectivity index (χ1n) is 8.87. The minimum Gasteiger partial charge on any atom is -0.326 e. The molecule has 1 aliphatic rings. The van der Waals surface area contributed by atoms with Gasteiger partial charge in [-0.2, -0.15) is 4.31 Å². The number of sulfonamides is 1. The van der Waals surface area contributed by atoms with Crippen LogP contribution in [0, 0.1) is 17.3 Å². The fourth-order valence-corrected chi connectivity index (χ4v) is 5.03. The molecule has 0 spiro atoms. The van der Waals surface area contributed by atoms with Gasteiger partial charge in [0.1, 0.15) is 0 Å². The third-order valence-corrected chi connectivity index (χ3v) is 6.15. The van der Waals surface area contributed by atoms with Crippen LogP contribution in [0.3, 0.4) is 0 Å². The van der Waals surface area contributed by atoms with Crippen molar-refractivity contribution in [1.82, 2.24) is 4.31 Å². The van der Waals surface area contributed by atoms with Crippen LogP contribution in [0.5, 0.6) is 0 Å². The van der Waals surface area contributed by atoms with Gasteiger partial charge in [-0.15, -0.1) is 0 Å². The summed E-state index contributed by atoms with van der Waals surface area (Å²) in [6.45, 7) is 11.3. The number of rotatable bonds is 4. The Morgan fingerprint density at radius 3 is 2.12 bits per heavy atom. The highest BCUT2D eigenvalue weighted by molar-refractivity contribution is 7.89. The molecule has 5 nitrogen and oxygen atoms in total. The third kappa shape index (κ3) is 5.54. The molecule has 1 aliphatic heterocycles. The number of hydrogen-bond donors (Lipinski definition) is 1. The molecular weight excluding hydrogens is 336 g/mol. The van der Waals surface area contributed by atoms with E-state index in [0.29, 0.717) is 37.0 Å². The van der Waals surface area contributed by atoms with Gasteiger partial charge in [-0.1, -0.05) is 34.6 Å². The highest BCUT2D eigenvalue weighted by atomic mass is 32.2. The maximum absolute atomic E-state index is 12.8. The first kappa shape index (κ1) is 19.9. The summed E-state index contributed by atoms with van der Waals surface area (Å²) in [6.07, 6.45) is 1.47. The predicted octanol–water partition coefficient (Wildman–Crippen LogP) is 3.73. The number of nitrogens with one attached hydrogen (secondary N) is 1. The van der Waals surface area contributed by atoms with Gasteiger partial charge >= 0.3 is 0 Å². The number of carbonyl (C=O) groups is 1. The molecule has 1 fully saturated rings. The molecule has 6 heteroatoms. The zero-order valence-electron chi connectivity index (χ0n) is 15.9. The molecule has 25 heavy (non-hydrogen) atoms. The van der Waals surface area contributed by atoms with Crippen LogP contribution in [0.4, 0.5) is 5.69 Å². The molecule has 1 heterocycles. The third-order valence-electron chi connectivity index (χ3n) is 4.30. The Labute approximate surface area is 151 Å². The van der Waals surface area contributed by atoms with Gasteiger partial charge in [-0.3, -0.25) is 4.79 Å². The number of amides is 1. The maximum Gasteiger partial charge on any atom is 0.243 e. The van der Waals surface area contributed by atoms with E-state index in [0.717, 1.165) is 6.42 Å². The standard InChI is InChI=1S/C19H30N2O3S/c1-14-10-15(2)13-21(12-14)25(23,24)17-8-6-16(7-9-17)20-18(22)11-19(3,4)5/h6-9,14-15H,10-13H2,1-5H3,(H,20,22). The lowest BCUT2D eigenvalue weighted by Crippen LogP contribution is -2.42. The van der Waals surface area contributed by atoms with E-state index in [2.05, 4.69) is 19.2 Å². The van der Waals surface area contributed by atoms with Crippen LogP contribution in [0.1, 0.15) is 47.5 Å². The molecule has 0 radical (unpaired) electrons. The Kier molecular flexibility index (Phi) is 5.94. The molecule has 0 bridgehead atoms. The van der Waals surface area contributed by atoms with Gasteiger partial charge in [0.2, 0.25) is 15.9 Å². The van der Waals surface area contributed by atoms with Crippen LogP contribution in [0.2, 0.25) is 0 Å². The second-order valence-corrected chi connectivity index (χ2v) is 10.5. The predicted molar refractivity (Wildman–Crippen MR) is 101 cm³/mol. The Morgan fingerprint density at radius 1 is 1.12 bits per heavy atom. The van der Waals surface area contributed by atoms with Crippen molar-refractivity contribution >= 4 is 21.6 Å². The van der Waals surface area contributed by atoms with Crippen molar-refractivity contribution in [1.29, 1.82) is 0 Å². The van der Waals surface area contributed by atoms with Crippen molar-refractivity contribution in [2.75, 3.05) is 18.4 Å². The molecule has 2 unspecified atom stereocenters. The van der Waals surface area contributed by atoms with Crippen molar-refractivity contribution in [2.24, 2.45) is 17.3 Å². The number of piperidine rings is 1. The van der Waals surface area contributed by atoms with Gasteiger partial charge in [0.05, 0.1) is 4.90 Å². The van der Waals surface area contributed by atoms with Gasteiger partial charge in [-0.25, -0.2) is 8.42 Å². The van der Waals surface area contributed by atoms with Gasteiger partial charge in [0.25, 0.3) is 0 Å².